The number of sulfonamides is 1. The molecule has 0 aliphatic heterocycles. The van der Waals surface area contributed by atoms with Gasteiger partial charge < -0.3 is 10.6 Å². The third kappa shape index (κ3) is 5.76. The SMILES string of the molecule is CCCNC(C)C(=O)Nc1ccc(C)c(S(=O)(=O)N(C)C)c1.Cl. The van der Waals surface area contributed by atoms with Crippen LogP contribution in [0.1, 0.15) is 25.8 Å². The van der Waals surface area contributed by atoms with Gasteiger partial charge in [-0.15, -0.1) is 12.4 Å². The van der Waals surface area contributed by atoms with Crippen LogP contribution in [0.3, 0.4) is 0 Å². The summed E-state index contributed by atoms with van der Waals surface area (Å²) in [7, 11) is -0.568. The Labute approximate surface area is 145 Å². The molecule has 6 nitrogen and oxygen atoms in total. The largest absolute Gasteiger partial charge is 0.325 e. The van der Waals surface area contributed by atoms with Crippen molar-refractivity contribution in [3.8, 4) is 0 Å². The highest BCUT2D eigenvalue weighted by Crippen LogP contribution is 2.22. The van der Waals surface area contributed by atoms with Gasteiger partial charge in [-0.1, -0.05) is 13.0 Å². The van der Waals surface area contributed by atoms with Crippen LogP contribution in [-0.2, 0) is 14.8 Å². The molecule has 0 aliphatic rings. The number of aryl methyl sites for hydroxylation is 1. The van der Waals surface area contributed by atoms with Crippen LogP contribution in [0.2, 0.25) is 0 Å². The fraction of sp³-hybridized carbons (Fsp3) is 0.533. The van der Waals surface area contributed by atoms with Gasteiger partial charge in [-0.3, -0.25) is 4.79 Å². The molecule has 0 aromatic heterocycles. The number of anilines is 1. The first-order valence-electron chi connectivity index (χ1n) is 7.27. The maximum atomic E-state index is 12.3. The summed E-state index contributed by atoms with van der Waals surface area (Å²) in [6.45, 7) is 6.28. The van der Waals surface area contributed by atoms with Crippen molar-refractivity contribution < 1.29 is 13.2 Å². The molecule has 0 bridgehead atoms. The molecule has 0 aliphatic carbocycles. The van der Waals surface area contributed by atoms with E-state index >= 15 is 0 Å². The van der Waals surface area contributed by atoms with Gasteiger partial charge in [0.15, 0.2) is 0 Å². The number of amides is 1. The fourth-order valence-corrected chi connectivity index (χ4v) is 3.00. The summed E-state index contributed by atoms with van der Waals surface area (Å²) in [5.74, 6) is -0.189. The molecular formula is C15H26ClN3O3S. The zero-order valence-corrected chi connectivity index (χ0v) is 15.8. The molecule has 2 N–H and O–H groups in total. The molecule has 1 amide bonds. The monoisotopic (exact) mass is 363 g/mol. The van der Waals surface area contributed by atoms with E-state index < -0.39 is 10.0 Å². The molecule has 0 saturated carbocycles. The minimum atomic E-state index is -3.53. The van der Waals surface area contributed by atoms with Gasteiger partial charge in [-0.2, -0.15) is 0 Å². The van der Waals surface area contributed by atoms with Crippen molar-refractivity contribution >= 4 is 34.0 Å². The van der Waals surface area contributed by atoms with E-state index in [2.05, 4.69) is 10.6 Å². The van der Waals surface area contributed by atoms with Crippen molar-refractivity contribution in [3.63, 3.8) is 0 Å². The van der Waals surface area contributed by atoms with Crippen LogP contribution in [0, 0.1) is 6.92 Å². The van der Waals surface area contributed by atoms with E-state index in [0.717, 1.165) is 17.3 Å². The van der Waals surface area contributed by atoms with Crippen LogP contribution in [0.5, 0.6) is 0 Å². The highest BCUT2D eigenvalue weighted by Gasteiger charge is 2.21. The molecule has 1 atom stereocenters. The molecule has 1 aromatic rings. The first kappa shape index (κ1) is 21.9. The number of halogens is 1. The molecular weight excluding hydrogens is 338 g/mol. The van der Waals surface area contributed by atoms with E-state index in [1.807, 2.05) is 6.92 Å². The van der Waals surface area contributed by atoms with Gasteiger partial charge in [-0.05, 0) is 44.5 Å². The number of benzene rings is 1. The third-order valence-electron chi connectivity index (χ3n) is 3.31. The molecule has 0 saturated heterocycles. The average molecular weight is 364 g/mol. The van der Waals surface area contributed by atoms with Crippen LogP contribution in [0.25, 0.3) is 0 Å². The number of hydrogen-bond donors (Lipinski definition) is 2. The van der Waals surface area contributed by atoms with E-state index in [9.17, 15) is 13.2 Å². The quantitative estimate of drug-likeness (QED) is 0.776. The smallest absolute Gasteiger partial charge is 0.242 e. The van der Waals surface area contributed by atoms with Gasteiger partial charge in [0.25, 0.3) is 0 Å². The van der Waals surface area contributed by atoms with E-state index in [0.29, 0.717) is 11.3 Å². The van der Waals surface area contributed by atoms with Gasteiger partial charge in [0.05, 0.1) is 10.9 Å². The molecule has 132 valence electrons. The summed E-state index contributed by atoms with van der Waals surface area (Å²) in [6.07, 6.45) is 0.938. The summed E-state index contributed by atoms with van der Waals surface area (Å²) in [4.78, 5) is 12.3. The Kier molecular flexibility index (Phi) is 8.76. The summed E-state index contributed by atoms with van der Waals surface area (Å²) in [5, 5.41) is 5.83. The number of carbonyl (C=O) groups is 1. The highest BCUT2D eigenvalue weighted by atomic mass is 35.5. The second-order valence-electron chi connectivity index (χ2n) is 5.43. The van der Waals surface area contributed by atoms with E-state index in [1.54, 1.807) is 26.0 Å². The lowest BCUT2D eigenvalue weighted by molar-refractivity contribution is -0.117. The van der Waals surface area contributed by atoms with E-state index in [4.69, 9.17) is 0 Å². The average Bonchev–Trinajstić information content (AvgIpc) is 2.46. The van der Waals surface area contributed by atoms with Crippen molar-refractivity contribution in [2.45, 2.75) is 38.1 Å². The second-order valence-corrected chi connectivity index (χ2v) is 7.55. The summed E-state index contributed by atoms with van der Waals surface area (Å²) < 4.78 is 25.7. The lowest BCUT2D eigenvalue weighted by atomic mass is 10.2. The van der Waals surface area contributed by atoms with Crippen molar-refractivity contribution in [2.24, 2.45) is 0 Å². The minimum Gasteiger partial charge on any atom is -0.325 e. The van der Waals surface area contributed by atoms with Crippen LogP contribution in [0.4, 0.5) is 5.69 Å². The molecule has 0 radical (unpaired) electrons. The predicted molar refractivity (Wildman–Crippen MR) is 95.7 cm³/mol. The highest BCUT2D eigenvalue weighted by molar-refractivity contribution is 7.89. The van der Waals surface area contributed by atoms with Crippen molar-refractivity contribution in [1.29, 1.82) is 0 Å². The van der Waals surface area contributed by atoms with Gasteiger partial charge in [0.2, 0.25) is 15.9 Å². The Hall–Kier alpha value is -1.15. The Morgan fingerprint density at radius 1 is 1.30 bits per heavy atom. The molecule has 0 spiro atoms. The van der Waals surface area contributed by atoms with Gasteiger partial charge >= 0.3 is 0 Å². The zero-order chi connectivity index (χ0) is 16.9. The fourth-order valence-electron chi connectivity index (χ4n) is 1.86. The number of hydrogen-bond acceptors (Lipinski definition) is 4. The Bertz CT molecular complexity index is 633. The minimum absolute atomic E-state index is 0. The van der Waals surface area contributed by atoms with Gasteiger partial charge in [0.1, 0.15) is 0 Å². The predicted octanol–water partition coefficient (Wildman–Crippen LogP) is 1.99. The van der Waals surface area contributed by atoms with Crippen LogP contribution < -0.4 is 10.6 Å². The third-order valence-corrected chi connectivity index (χ3v) is 5.27. The number of nitrogens with one attached hydrogen (secondary N) is 2. The molecule has 0 fully saturated rings. The Morgan fingerprint density at radius 3 is 2.43 bits per heavy atom. The lowest BCUT2D eigenvalue weighted by Crippen LogP contribution is -2.38. The number of nitrogens with zero attached hydrogens (tertiary/aromatic N) is 1. The molecule has 23 heavy (non-hydrogen) atoms. The first-order valence-corrected chi connectivity index (χ1v) is 8.71. The molecule has 1 unspecified atom stereocenters. The molecule has 1 aromatic carbocycles. The van der Waals surface area contributed by atoms with E-state index in [1.165, 1.54) is 20.2 Å². The number of carbonyl (C=O) groups excluding carboxylic acids is 1. The van der Waals surface area contributed by atoms with Crippen LogP contribution in [-0.4, -0.2) is 45.3 Å². The number of rotatable bonds is 7. The molecule has 0 heterocycles. The second kappa shape index (κ2) is 9.22. The topological polar surface area (TPSA) is 78.5 Å². The molecule has 8 heteroatoms. The van der Waals surface area contributed by atoms with Gasteiger partial charge in [0, 0.05) is 19.8 Å². The van der Waals surface area contributed by atoms with Crippen LogP contribution >= 0.6 is 12.4 Å². The Morgan fingerprint density at radius 2 is 1.91 bits per heavy atom. The summed E-state index contributed by atoms with van der Waals surface area (Å²) >= 11 is 0. The Balaban J connectivity index is 0.00000484. The summed E-state index contributed by atoms with van der Waals surface area (Å²) in [6, 6.07) is 4.55. The van der Waals surface area contributed by atoms with Crippen molar-refractivity contribution in [2.75, 3.05) is 26.0 Å². The molecule has 1 rings (SSSR count). The summed E-state index contributed by atoms with van der Waals surface area (Å²) in [5.41, 5.74) is 1.12. The normalized spacial score (nSPS) is 12.6. The van der Waals surface area contributed by atoms with Crippen LogP contribution in [0.15, 0.2) is 23.1 Å². The lowest BCUT2D eigenvalue weighted by Gasteiger charge is -2.17. The van der Waals surface area contributed by atoms with Gasteiger partial charge in [-0.25, -0.2) is 12.7 Å². The maximum Gasteiger partial charge on any atom is 0.242 e. The maximum absolute atomic E-state index is 12.3. The van der Waals surface area contributed by atoms with Crippen molar-refractivity contribution in [3.05, 3.63) is 23.8 Å². The van der Waals surface area contributed by atoms with Crippen molar-refractivity contribution in [1.82, 2.24) is 9.62 Å². The zero-order valence-electron chi connectivity index (χ0n) is 14.2. The first-order chi connectivity index (χ1) is 10.2. The standard InChI is InChI=1S/C15H25N3O3S.ClH/c1-6-9-16-12(3)15(19)17-13-8-7-11(2)14(10-13)22(20,21)18(4)5;/h7-8,10,12,16H,6,9H2,1-5H3,(H,17,19);1H. The van der Waals surface area contributed by atoms with E-state index in [-0.39, 0.29) is 29.3 Å².